The highest BCUT2D eigenvalue weighted by Crippen LogP contribution is 2.39. The molecule has 4 N–H and O–H groups in total. The molecule has 8 aromatic rings. The number of hydrogen-bond donors (Lipinski definition) is 3. The lowest BCUT2D eigenvalue weighted by Gasteiger charge is -2.35. The molecule has 10 rings (SSSR count). The molecule has 0 aliphatic carbocycles. The molecule has 0 unspecified atom stereocenters. The number of hydrogen-bond acceptors (Lipinski definition) is 17. The van der Waals surface area contributed by atoms with Crippen molar-refractivity contribution in [3.05, 3.63) is 152 Å². The monoisotopic (exact) mass is 988 g/mol. The summed E-state index contributed by atoms with van der Waals surface area (Å²) in [6, 6.07) is 33.4. The maximum absolute atomic E-state index is 13.2. The molecule has 2 fully saturated rings. The maximum Gasteiger partial charge on any atom is 0.335 e. The Labute approximate surface area is 417 Å². The summed E-state index contributed by atoms with van der Waals surface area (Å²) >= 11 is 3.35. The van der Waals surface area contributed by atoms with Crippen LogP contribution in [-0.4, -0.2) is 86.7 Å². The maximum atomic E-state index is 13.2. The van der Waals surface area contributed by atoms with E-state index in [0.717, 1.165) is 65.9 Å². The second-order valence-corrected chi connectivity index (χ2v) is 18.6. The van der Waals surface area contributed by atoms with Gasteiger partial charge >= 0.3 is 5.97 Å². The number of aromatic nitrogens is 6. The number of nitriles is 2. The number of nitrogens with zero attached hydrogens (tertiary/aromatic N) is 8. The molecular formula is C52H48N10O7S2. The van der Waals surface area contributed by atoms with Crippen LogP contribution in [-0.2, 0) is 20.3 Å². The molecule has 71 heavy (non-hydrogen) atoms. The van der Waals surface area contributed by atoms with Crippen LogP contribution in [0.15, 0.2) is 117 Å². The molecule has 2 saturated heterocycles. The van der Waals surface area contributed by atoms with Crippen LogP contribution in [0.1, 0.15) is 79.3 Å². The topological polar surface area (TPSA) is 262 Å². The van der Waals surface area contributed by atoms with E-state index in [-0.39, 0.29) is 33.7 Å². The Morgan fingerprint density at radius 3 is 1.54 bits per heavy atom. The van der Waals surface area contributed by atoms with Gasteiger partial charge in [-0.15, -0.1) is 22.7 Å². The van der Waals surface area contributed by atoms with E-state index in [1.165, 1.54) is 23.8 Å². The number of carbonyl (C=O) groups is 2. The van der Waals surface area contributed by atoms with Gasteiger partial charge in [-0.05, 0) is 62.1 Å². The number of nitrogens with one attached hydrogen (secondary N) is 1. The number of aryl methyl sites for hydroxylation is 2. The lowest BCUT2D eigenvalue weighted by molar-refractivity contribution is 0.0486. The average molecular weight is 989 g/mol. The van der Waals surface area contributed by atoms with E-state index in [4.69, 9.17) is 44.6 Å². The molecular weight excluding hydrogens is 941 g/mol. The van der Waals surface area contributed by atoms with Crippen LogP contribution in [0.4, 0.5) is 0 Å². The molecule has 2 aliphatic heterocycles. The van der Waals surface area contributed by atoms with Crippen molar-refractivity contribution >= 4 is 34.6 Å². The van der Waals surface area contributed by atoms with Gasteiger partial charge in [-0.1, -0.05) is 71.0 Å². The summed E-state index contributed by atoms with van der Waals surface area (Å²) in [5.41, 5.74) is 11.9. The standard InChI is InChI=1S/C26H23N5O3S.C15H18N2OS.C11H7N3O3/c1-17-29-23(31-34-17)20-11-18(14-27)12-21(13-20)24(32)28-16-26(7-9-33-10-8-26)25-30-22(15-35-25)19-5-3-2-4-6-19;16-11-15(6-8-18-9-7-15)14-17-13(10-19-14)12-4-2-1-3-5-12;1-6-13-10(14-17-6)8-2-7(5-12)3-9(4-8)11(15)16/h2-6,11-13,15H,7-10,16H2,1H3,(H,28,32);1-5,10H,6-9,11,16H2;2-4H,1H3,(H,15,16). The first-order valence-electron chi connectivity index (χ1n) is 22.6. The minimum absolute atomic E-state index is 0.0153. The van der Waals surface area contributed by atoms with Crippen molar-refractivity contribution in [2.45, 2.75) is 50.4 Å². The second kappa shape index (κ2) is 22.8. The molecule has 0 saturated carbocycles. The molecule has 360 valence electrons. The first-order valence-corrected chi connectivity index (χ1v) is 24.4. The normalized spacial score (nSPS) is 14.6. The fourth-order valence-electron chi connectivity index (χ4n) is 8.10. The summed E-state index contributed by atoms with van der Waals surface area (Å²) in [7, 11) is 0. The van der Waals surface area contributed by atoms with Gasteiger partial charge in [0.1, 0.15) is 10.0 Å². The third kappa shape index (κ3) is 12.0. The first kappa shape index (κ1) is 49.6. The Morgan fingerprint density at radius 1 is 0.648 bits per heavy atom. The largest absolute Gasteiger partial charge is 0.478 e. The van der Waals surface area contributed by atoms with Gasteiger partial charge in [0.15, 0.2) is 0 Å². The molecule has 4 aromatic heterocycles. The van der Waals surface area contributed by atoms with Crippen LogP contribution in [0.2, 0.25) is 0 Å². The van der Waals surface area contributed by atoms with Crippen molar-refractivity contribution in [2.75, 3.05) is 39.5 Å². The van der Waals surface area contributed by atoms with E-state index in [9.17, 15) is 14.9 Å². The van der Waals surface area contributed by atoms with E-state index >= 15 is 0 Å². The number of aromatic carboxylic acids is 1. The Hall–Kier alpha value is -7.78. The Kier molecular flexibility index (Phi) is 15.9. The highest BCUT2D eigenvalue weighted by molar-refractivity contribution is 7.10. The van der Waals surface area contributed by atoms with Crippen molar-refractivity contribution in [1.29, 1.82) is 10.5 Å². The summed E-state index contributed by atoms with van der Waals surface area (Å²) < 4.78 is 20.9. The van der Waals surface area contributed by atoms with Crippen molar-refractivity contribution in [3.63, 3.8) is 0 Å². The lowest BCUT2D eigenvalue weighted by Crippen LogP contribution is -2.44. The molecule has 0 atom stereocenters. The number of carboxylic acids is 1. The molecule has 4 aromatic carbocycles. The number of thiazole rings is 2. The van der Waals surface area contributed by atoms with Crippen LogP contribution < -0.4 is 11.1 Å². The minimum atomic E-state index is -1.11. The van der Waals surface area contributed by atoms with E-state index < -0.39 is 5.97 Å². The zero-order valence-corrected chi connectivity index (χ0v) is 40.5. The van der Waals surface area contributed by atoms with Gasteiger partial charge in [0.25, 0.3) is 5.91 Å². The van der Waals surface area contributed by atoms with E-state index in [1.54, 1.807) is 54.7 Å². The molecule has 1 amide bonds. The van der Waals surface area contributed by atoms with E-state index in [2.05, 4.69) is 54.6 Å². The van der Waals surface area contributed by atoms with Crippen LogP contribution in [0, 0.1) is 36.5 Å². The summed E-state index contributed by atoms with van der Waals surface area (Å²) in [4.78, 5) is 42.1. The van der Waals surface area contributed by atoms with Crippen LogP contribution in [0.3, 0.4) is 0 Å². The molecule has 19 heteroatoms. The van der Waals surface area contributed by atoms with Crippen LogP contribution in [0.25, 0.3) is 45.3 Å². The Morgan fingerprint density at radius 2 is 1.10 bits per heavy atom. The van der Waals surface area contributed by atoms with Crippen molar-refractivity contribution in [3.8, 4) is 57.4 Å². The molecule has 2 aliphatic rings. The molecule has 17 nitrogen and oxygen atoms in total. The number of rotatable bonds is 11. The predicted molar refractivity (Wildman–Crippen MR) is 265 cm³/mol. The Bertz CT molecular complexity index is 3180. The Balaban J connectivity index is 0.000000158. The van der Waals surface area contributed by atoms with Gasteiger partial charge in [0.05, 0.1) is 40.2 Å². The predicted octanol–water partition coefficient (Wildman–Crippen LogP) is 8.95. The van der Waals surface area contributed by atoms with E-state index in [1.807, 2.05) is 54.6 Å². The third-order valence-corrected chi connectivity index (χ3v) is 14.3. The van der Waals surface area contributed by atoms with Crippen LogP contribution in [0.5, 0.6) is 0 Å². The third-order valence-electron chi connectivity index (χ3n) is 12.1. The number of carboxylic acid groups (broad SMARTS) is 1. The molecule has 6 heterocycles. The zero-order valence-electron chi connectivity index (χ0n) is 38.8. The summed E-state index contributed by atoms with van der Waals surface area (Å²) in [6.07, 6.45) is 3.48. The van der Waals surface area contributed by atoms with Crippen LogP contribution >= 0.6 is 22.7 Å². The average Bonchev–Trinajstić information content (AvgIpc) is 4.28. The number of amides is 1. The van der Waals surface area contributed by atoms with Gasteiger partial charge in [-0.25, -0.2) is 14.8 Å². The highest BCUT2D eigenvalue weighted by atomic mass is 32.1. The minimum Gasteiger partial charge on any atom is -0.478 e. The van der Waals surface area contributed by atoms with Gasteiger partial charge in [0, 0.05) is 103 Å². The lowest BCUT2D eigenvalue weighted by atomic mass is 9.80. The number of carbonyl (C=O) groups excluding carboxylic acids is 1. The smallest absolute Gasteiger partial charge is 0.335 e. The van der Waals surface area contributed by atoms with Gasteiger partial charge in [-0.2, -0.15) is 20.5 Å². The van der Waals surface area contributed by atoms with Crippen molar-refractivity contribution in [1.82, 2.24) is 35.6 Å². The summed E-state index contributed by atoms with van der Waals surface area (Å²) in [5, 5.41) is 44.2. The van der Waals surface area contributed by atoms with Gasteiger partial charge in [-0.3, -0.25) is 4.79 Å². The highest BCUT2D eigenvalue weighted by Gasteiger charge is 2.38. The number of benzene rings is 4. The molecule has 0 spiro atoms. The number of nitrogens with two attached hydrogens (primary N) is 1. The SMILES string of the molecule is Cc1nc(-c2cc(C#N)cc(C(=O)NCC3(c4nc(-c5ccccc5)cs4)CCOCC3)c2)no1.Cc1nc(-c2cc(C#N)cc(C(=O)O)c2)no1.NCC1(c2nc(-c3ccccc3)cs2)CCOCC1. The summed E-state index contributed by atoms with van der Waals surface area (Å²) in [5.74, 6) is 0.0121. The van der Waals surface area contributed by atoms with E-state index in [0.29, 0.717) is 66.2 Å². The van der Waals surface area contributed by atoms with Gasteiger partial charge < -0.3 is 34.7 Å². The first-order chi connectivity index (χ1) is 34.5. The summed E-state index contributed by atoms with van der Waals surface area (Å²) in [6.45, 7) is 7.19. The fraction of sp³-hybridized carbons (Fsp3) is 0.269. The van der Waals surface area contributed by atoms with Gasteiger partial charge in [0.2, 0.25) is 23.4 Å². The van der Waals surface area contributed by atoms with Crippen molar-refractivity contribution < 1.29 is 33.2 Å². The van der Waals surface area contributed by atoms with Crippen molar-refractivity contribution in [2.24, 2.45) is 5.73 Å². The quantitative estimate of drug-likeness (QED) is 0.109. The zero-order chi connectivity index (χ0) is 49.8. The fourth-order valence-corrected chi connectivity index (χ4v) is 10.3. The molecule has 0 bridgehead atoms. The number of ether oxygens (including phenoxy) is 2. The second-order valence-electron chi connectivity index (χ2n) is 16.9. The molecule has 0 radical (unpaired) electrons.